The summed E-state index contributed by atoms with van der Waals surface area (Å²) >= 11 is 0. The van der Waals surface area contributed by atoms with Crippen LogP contribution in [0.4, 0.5) is 4.39 Å². The average molecular weight is 336 g/mol. The van der Waals surface area contributed by atoms with E-state index in [0.29, 0.717) is 5.92 Å². The van der Waals surface area contributed by atoms with Crippen molar-refractivity contribution in [1.82, 2.24) is 4.90 Å². The molecule has 1 unspecified atom stereocenters. The van der Waals surface area contributed by atoms with Gasteiger partial charge in [-0.2, -0.15) is 5.26 Å². The molecule has 2 aromatic carbocycles. The molecule has 1 fully saturated rings. The Hall–Kier alpha value is -2.18. The normalized spacial score (nSPS) is 16.4. The first-order valence-electron chi connectivity index (χ1n) is 9.04. The van der Waals surface area contributed by atoms with Crippen LogP contribution in [0, 0.1) is 23.1 Å². The van der Waals surface area contributed by atoms with Crippen LogP contribution >= 0.6 is 0 Å². The highest BCUT2D eigenvalue weighted by Crippen LogP contribution is 2.49. The van der Waals surface area contributed by atoms with Crippen molar-refractivity contribution in [2.75, 3.05) is 13.6 Å². The number of rotatable bonds is 8. The fourth-order valence-corrected chi connectivity index (χ4v) is 3.72. The van der Waals surface area contributed by atoms with Gasteiger partial charge < -0.3 is 4.90 Å². The predicted molar refractivity (Wildman–Crippen MR) is 98.4 cm³/mol. The van der Waals surface area contributed by atoms with Crippen molar-refractivity contribution in [3.05, 3.63) is 71.5 Å². The fraction of sp³-hybridized carbons (Fsp3) is 0.409. The molecule has 0 aromatic heterocycles. The Morgan fingerprint density at radius 3 is 2.40 bits per heavy atom. The van der Waals surface area contributed by atoms with Gasteiger partial charge in [-0.15, -0.1) is 0 Å². The SMILES string of the molecule is CN(CCCC(C#N)(c1ccc(F)cc1)C1CC1)Cc1ccccc1. The molecule has 1 aliphatic rings. The minimum atomic E-state index is -0.457. The zero-order valence-corrected chi connectivity index (χ0v) is 14.8. The van der Waals surface area contributed by atoms with Gasteiger partial charge in [0, 0.05) is 6.54 Å². The minimum absolute atomic E-state index is 0.242. The highest BCUT2D eigenvalue weighted by atomic mass is 19.1. The van der Waals surface area contributed by atoms with Crippen LogP contribution in [0.5, 0.6) is 0 Å². The number of nitrogens with zero attached hydrogens (tertiary/aromatic N) is 2. The lowest BCUT2D eigenvalue weighted by Gasteiger charge is -2.28. The standard InChI is InChI=1S/C22H25FN2/c1-25(16-18-6-3-2-4-7-18)15-5-14-22(17-24,19-8-9-19)20-10-12-21(23)13-11-20/h2-4,6-7,10-13,19H,5,8-9,14-16H2,1H3. The molecule has 2 nitrogen and oxygen atoms in total. The number of halogens is 1. The molecule has 0 saturated heterocycles. The third-order valence-corrected chi connectivity index (χ3v) is 5.24. The molecule has 0 aliphatic heterocycles. The van der Waals surface area contributed by atoms with E-state index in [-0.39, 0.29) is 5.82 Å². The minimum Gasteiger partial charge on any atom is -0.302 e. The Morgan fingerprint density at radius 2 is 1.80 bits per heavy atom. The molecule has 0 spiro atoms. The molecule has 0 bridgehead atoms. The van der Waals surface area contributed by atoms with Crippen molar-refractivity contribution in [2.45, 2.75) is 37.6 Å². The van der Waals surface area contributed by atoms with Gasteiger partial charge in [-0.1, -0.05) is 42.5 Å². The molecule has 1 atom stereocenters. The number of benzene rings is 2. The third kappa shape index (κ3) is 4.27. The first-order valence-corrected chi connectivity index (χ1v) is 9.04. The quantitative estimate of drug-likeness (QED) is 0.685. The maximum Gasteiger partial charge on any atom is 0.123 e. The van der Waals surface area contributed by atoms with E-state index in [0.717, 1.165) is 44.3 Å². The predicted octanol–water partition coefficient (Wildman–Crippen LogP) is 4.91. The monoisotopic (exact) mass is 336 g/mol. The van der Waals surface area contributed by atoms with Crippen LogP contribution in [-0.2, 0) is 12.0 Å². The van der Waals surface area contributed by atoms with Gasteiger partial charge in [-0.25, -0.2) is 4.39 Å². The maximum absolute atomic E-state index is 13.3. The van der Waals surface area contributed by atoms with E-state index in [4.69, 9.17) is 0 Å². The largest absolute Gasteiger partial charge is 0.302 e. The van der Waals surface area contributed by atoms with Gasteiger partial charge in [0.2, 0.25) is 0 Å². The average Bonchev–Trinajstić information content (AvgIpc) is 3.46. The first-order chi connectivity index (χ1) is 12.1. The van der Waals surface area contributed by atoms with Crippen LogP contribution in [0.25, 0.3) is 0 Å². The third-order valence-electron chi connectivity index (χ3n) is 5.24. The van der Waals surface area contributed by atoms with Gasteiger partial charge in [0.25, 0.3) is 0 Å². The van der Waals surface area contributed by atoms with Crippen LogP contribution in [0.2, 0.25) is 0 Å². The van der Waals surface area contributed by atoms with Gasteiger partial charge >= 0.3 is 0 Å². The van der Waals surface area contributed by atoms with Crippen molar-refractivity contribution in [2.24, 2.45) is 5.92 Å². The lowest BCUT2D eigenvalue weighted by molar-refractivity contribution is 0.299. The fourth-order valence-electron chi connectivity index (χ4n) is 3.72. The number of hydrogen-bond acceptors (Lipinski definition) is 2. The number of nitriles is 1. The molecule has 25 heavy (non-hydrogen) atoms. The zero-order chi connectivity index (χ0) is 17.7. The van der Waals surface area contributed by atoms with Gasteiger partial charge in [-0.05, 0) is 68.5 Å². The highest BCUT2D eigenvalue weighted by molar-refractivity contribution is 5.35. The van der Waals surface area contributed by atoms with Crippen LogP contribution in [0.15, 0.2) is 54.6 Å². The van der Waals surface area contributed by atoms with E-state index < -0.39 is 5.41 Å². The molecule has 130 valence electrons. The second-order valence-corrected chi connectivity index (χ2v) is 7.19. The molecule has 3 heteroatoms. The van der Waals surface area contributed by atoms with Gasteiger partial charge in [0.05, 0.1) is 11.5 Å². The Bertz CT molecular complexity index is 716. The zero-order valence-electron chi connectivity index (χ0n) is 14.8. The van der Waals surface area contributed by atoms with Crippen molar-refractivity contribution in [1.29, 1.82) is 5.26 Å². The lowest BCUT2D eigenvalue weighted by Crippen LogP contribution is -2.29. The molecule has 0 radical (unpaired) electrons. The summed E-state index contributed by atoms with van der Waals surface area (Å²) in [5.41, 5.74) is 1.82. The summed E-state index contributed by atoms with van der Waals surface area (Å²) in [4.78, 5) is 2.30. The molecular formula is C22H25FN2. The van der Waals surface area contributed by atoms with Crippen LogP contribution in [0.3, 0.4) is 0 Å². The summed E-state index contributed by atoms with van der Waals surface area (Å²) in [5.74, 6) is 0.177. The van der Waals surface area contributed by atoms with E-state index in [2.05, 4.69) is 42.3 Å². The second kappa shape index (κ2) is 7.80. The molecule has 0 amide bonds. The summed E-state index contributed by atoms with van der Waals surface area (Å²) in [6.07, 6.45) is 4.00. The second-order valence-electron chi connectivity index (χ2n) is 7.19. The molecule has 1 saturated carbocycles. The summed E-state index contributed by atoms with van der Waals surface area (Å²) in [6.45, 7) is 1.87. The Kier molecular flexibility index (Phi) is 5.50. The summed E-state index contributed by atoms with van der Waals surface area (Å²) in [7, 11) is 2.12. The van der Waals surface area contributed by atoms with E-state index >= 15 is 0 Å². The van der Waals surface area contributed by atoms with Gasteiger partial charge in [0.15, 0.2) is 0 Å². The molecule has 0 N–H and O–H groups in total. The molecular weight excluding hydrogens is 311 g/mol. The smallest absolute Gasteiger partial charge is 0.123 e. The Labute approximate surface area is 149 Å². The van der Waals surface area contributed by atoms with E-state index in [1.807, 2.05) is 6.07 Å². The lowest BCUT2D eigenvalue weighted by atomic mass is 9.74. The van der Waals surface area contributed by atoms with Crippen molar-refractivity contribution < 1.29 is 4.39 Å². The van der Waals surface area contributed by atoms with Crippen LogP contribution in [-0.4, -0.2) is 18.5 Å². The highest BCUT2D eigenvalue weighted by Gasteiger charge is 2.46. The first kappa shape index (κ1) is 17.6. The summed E-state index contributed by atoms with van der Waals surface area (Å²) in [6, 6.07) is 19.6. The molecule has 2 aromatic rings. The van der Waals surface area contributed by atoms with E-state index in [1.165, 1.54) is 17.7 Å². The maximum atomic E-state index is 13.3. The van der Waals surface area contributed by atoms with Crippen molar-refractivity contribution >= 4 is 0 Å². The van der Waals surface area contributed by atoms with E-state index in [1.54, 1.807) is 12.1 Å². The summed E-state index contributed by atoms with van der Waals surface area (Å²) in [5, 5.41) is 9.95. The number of hydrogen-bond donors (Lipinski definition) is 0. The van der Waals surface area contributed by atoms with E-state index in [9.17, 15) is 9.65 Å². The van der Waals surface area contributed by atoms with Crippen molar-refractivity contribution in [3.63, 3.8) is 0 Å². The van der Waals surface area contributed by atoms with Gasteiger partial charge in [0.1, 0.15) is 5.82 Å². The molecule has 3 rings (SSSR count). The Balaban J connectivity index is 1.62. The Morgan fingerprint density at radius 1 is 1.12 bits per heavy atom. The van der Waals surface area contributed by atoms with Crippen LogP contribution < -0.4 is 0 Å². The molecule has 1 aliphatic carbocycles. The summed E-state index contributed by atoms with van der Waals surface area (Å²) < 4.78 is 13.3. The topological polar surface area (TPSA) is 27.0 Å². The molecule has 0 heterocycles. The van der Waals surface area contributed by atoms with Gasteiger partial charge in [-0.3, -0.25) is 0 Å². The van der Waals surface area contributed by atoms with Crippen molar-refractivity contribution in [3.8, 4) is 6.07 Å². The van der Waals surface area contributed by atoms with Crippen LogP contribution in [0.1, 0.15) is 36.8 Å².